The normalized spacial score (nSPS) is 18.1. The Morgan fingerprint density at radius 2 is 1.97 bits per heavy atom. The Labute approximate surface area is 198 Å². The smallest absolute Gasteiger partial charge is 0.280 e. The van der Waals surface area contributed by atoms with Crippen molar-refractivity contribution in [3.05, 3.63) is 24.4 Å². The third-order valence-electron chi connectivity index (χ3n) is 5.82. The molecule has 3 aromatic heterocycles. The Morgan fingerprint density at radius 1 is 1.20 bits per heavy atom. The molecule has 0 spiro atoms. The number of hydrogen-bond donors (Lipinski definition) is 4. The molecule has 0 radical (unpaired) electrons. The average Bonchev–Trinajstić information content (AvgIpc) is 3.27. The van der Waals surface area contributed by atoms with Gasteiger partial charge in [0, 0.05) is 25.4 Å². The number of hydrogen-bond acceptors (Lipinski definition) is 9. The Bertz CT molecular complexity index is 1200. The lowest BCUT2D eigenvalue weighted by Crippen LogP contribution is -2.53. The van der Waals surface area contributed by atoms with Crippen LogP contribution in [0.4, 0.5) is 40.8 Å². The maximum atomic E-state index is 14.5. The number of pyridine rings is 1. The SMILES string of the molecule is CNc1nc(N[C@@H]2CCN(C)CC2(F)F)nn2ccc(-c3ccc(N=N)c(NC(CF)CF)n3)c12. The number of alkyl halides is 4. The van der Waals surface area contributed by atoms with E-state index >= 15 is 0 Å². The van der Waals surface area contributed by atoms with Gasteiger partial charge in [0.1, 0.15) is 24.6 Å². The summed E-state index contributed by atoms with van der Waals surface area (Å²) in [5.41, 5.74) is 8.96. The van der Waals surface area contributed by atoms with Crippen LogP contribution >= 0.6 is 0 Å². The van der Waals surface area contributed by atoms with Crippen molar-refractivity contribution in [2.45, 2.75) is 24.4 Å². The standard InChI is InChI=1S/C21H26F4N10/c1-27-19-17-13(14-3-4-15(32-26)18(29-14)28-12(9-22)10-23)5-8-35(17)33-20(31-19)30-16-6-7-34(2)11-21(16,24)25/h3-5,8,12,16,26H,6-7,9-11H2,1-2H3,(H,28,29)(H2,27,30,31,33)/t16-/m1/s1. The number of likely N-dealkylation sites (tertiary alicyclic amines) is 1. The number of nitrogens with one attached hydrogen (secondary N) is 4. The first kappa shape index (κ1) is 24.6. The van der Waals surface area contributed by atoms with E-state index in [1.54, 1.807) is 37.3 Å². The van der Waals surface area contributed by atoms with Crippen molar-refractivity contribution in [3.63, 3.8) is 0 Å². The summed E-state index contributed by atoms with van der Waals surface area (Å²) in [6, 6.07) is 2.60. The van der Waals surface area contributed by atoms with Gasteiger partial charge in [-0.25, -0.2) is 32.6 Å². The fourth-order valence-electron chi connectivity index (χ4n) is 4.02. The molecule has 0 amide bonds. The summed E-state index contributed by atoms with van der Waals surface area (Å²) < 4.78 is 56.6. The summed E-state index contributed by atoms with van der Waals surface area (Å²) in [6.07, 6.45) is 1.87. The third-order valence-corrected chi connectivity index (χ3v) is 5.82. The number of rotatable bonds is 9. The molecule has 1 atom stereocenters. The Hall–Kier alpha value is -3.55. The van der Waals surface area contributed by atoms with E-state index < -0.39 is 31.4 Å². The van der Waals surface area contributed by atoms with Crippen molar-refractivity contribution in [1.82, 2.24) is 24.5 Å². The van der Waals surface area contributed by atoms with Gasteiger partial charge in [-0.05, 0) is 31.7 Å². The van der Waals surface area contributed by atoms with Crippen molar-refractivity contribution >= 4 is 28.8 Å². The minimum atomic E-state index is -2.94. The largest absolute Gasteiger partial charge is 0.371 e. The highest BCUT2D eigenvalue weighted by molar-refractivity contribution is 5.88. The van der Waals surface area contributed by atoms with Gasteiger partial charge in [0.25, 0.3) is 5.92 Å². The summed E-state index contributed by atoms with van der Waals surface area (Å²) in [6.45, 7) is -1.75. The molecule has 1 saturated heterocycles. The summed E-state index contributed by atoms with van der Waals surface area (Å²) in [4.78, 5) is 10.4. The van der Waals surface area contributed by atoms with E-state index in [-0.39, 0.29) is 30.4 Å². The van der Waals surface area contributed by atoms with Crippen LogP contribution in [0.15, 0.2) is 29.5 Å². The van der Waals surface area contributed by atoms with Crippen molar-refractivity contribution < 1.29 is 17.6 Å². The van der Waals surface area contributed by atoms with Crippen molar-refractivity contribution in [2.75, 3.05) is 56.5 Å². The van der Waals surface area contributed by atoms with Crippen LogP contribution in [0.3, 0.4) is 0 Å². The van der Waals surface area contributed by atoms with E-state index in [4.69, 9.17) is 5.53 Å². The zero-order valence-corrected chi connectivity index (χ0v) is 19.2. The molecule has 3 aromatic rings. The lowest BCUT2D eigenvalue weighted by molar-refractivity contribution is -0.0675. The molecule has 1 aliphatic rings. The number of halogens is 4. The van der Waals surface area contributed by atoms with Gasteiger partial charge >= 0.3 is 0 Å². The molecule has 10 nitrogen and oxygen atoms in total. The highest BCUT2D eigenvalue weighted by Gasteiger charge is 2.44. The summed E-state index contributed by atoms with van der Waals surface area (Å²) in [5.74, 6) is -2.46. The minimum Gasteiger partial charge on any atom is -0.371 e. The topological polar surface area (TPSA) is 119 Å². The average molecular weight is 495 g/mol. The molecule has 0 bridgehead atoms. The monoisotopic (exact) mass is 494 g/mol. The van der Waals surface area contributed by atoms with E-state index in [0.717, 1.165) is 0 Å². The van der Waals surface area contributed by atoms with Crippen LogP contribution in [0.5, 0.6) is 0 Å². The number of aromatic nitrogens is 4. The number of anilines is 3. The molecule has 4 rings (SSSR count). The fraction of sp³-hybridized carbons (Fsp3) is 0.476. The third kappa shape index (κ3) is 4.97. The van der Waals surface area contributed by atoms with Gasteiger partial charge in [0.2, 0.25) is 5.95 Å². The first-order valence-corrected chi connectivity index (χ1v) is 11.0. The van der Waals surface area contributed by atoms with Crippen molar-refractivity contribution in [2.24, 2.45) is 5.11 Å². The van der Waals surface area contributed by atoms with Gasteiger partial charge in [-0.1, -0.05) is 0 Å². The van der Waals surface area contributed by atoms with Crippen molar-refractivity contribution in [3.8, 4) is 11.3 Å². The van der Waals surface area contributed by atoms with E-state index in [1.165, 1.54) is 10.6 Å². The van der Waals surface area contributed by atoms with Crippen LogP contribution in [0.2, 0.25) is 0 Å². The minimum absolute atomic E-state index is 0.0469. The molecule has 1 fully saturated rings. The van der Waals surface area contributed by atoms with E-state index in [9.17, 15) is 17.6 Å². The van der Waals surface area contributed by atoms with E-state index in [0.29, 0.717) is 29.1 Å². The maximum Gasteiger partial charge on any atom is 0.280 e. The van der Waals surface area contributed by atoms with Crippen molar-refractivity contribution in [1.29, 1.82) is 5.53 Å². The Kier molecular flexibility index (Phi) is 7.00. The fourth-order valence-corrected chi connectivity index (χ4v) is 4.02. The van der Waals surface area contributed by atoms with Gasteiger partial charge < -0.3 is 20.9 Å². The van der Waals surface area contributed by atoms with E-state index in [1.807, 2.05) is 0 Å². The van der Waals surface area contributed by atoms with E-state index in [2.05, 4.69) is 36.1 Å². The number of piperidine rings is 1. The second kappa shape index (κ2) is 9.98. The molecule has 0 saturated carbocycles. The summed E-state index contributed by atoms with van der Waals surface area (Å²) in [7, 11) is 3.30. The molecule has 188 valence electrons. The molecule has 4 N–H and O–H groups in total. The molecule has 0 aromatic carbocycles. The molecule has 1 aliphatic heterocycles. The van der Waals surface area contributed by atoms with Crippen LogP contribution in [0.1, 0.15) is 6.42 Å². The zero-order chi connectivity index (χ0) is 25.2. The lowest BCUT2D eigenvalue weighted by Gasteiger charge is -2.36. The zero-order valence-electron chi connectivity index (χ0n) is 19.2. The molecular weight excluding hydrogens is 468 g/mol. The second-order valence-electron chi connectivity index (χ2n) is 8.37. The molecular formula is C21H26F4N10. The first-order valence-electron chi connectivity index (χ1n) is 11.0. The van der Waals surface area contributed by atoms with Crippen LogP contribution in [0, 0.1) is 5.53 Å². The predicted molar refractivity (Wildman–Crippen MR) is 124 cm³/mol. The predicted octanol–water partition coefficient (Wildman–Crippen LogP) is 3.97. The van der Waals surface area contributed by atoms with Crippen LogP contribution in [-0.2, 0) is 0 Å². The molecule has 4 heterocycles. The van der Waals surface area contributed by atoms with Gasteiger partial charge in [0.15, 0.2) is 11.6 Å². The quantitative estimate of drug-likeness (QED) is 0.263. The molecule has 35 heavy (non-hydrogen) atoms. The van der Waals surface area contributed by atoms with Gasteiger partial charge in [-0.15, -0.1) is 5.10 Å². The number of nitrogens with zero attached hydrogens (tertiary/aromatic N) is 6. The summed E-state index contributed by atoms with van der Waals surface area (Å²) >= 11 is 0. The van der Waals surface area contributed by atoms with Gasteiger partial charge in [-0.2, -0.15) is 10.1 Å². The lowest BCUT2D eigenvalue weighted by atomic mass is 10.0. The molecule has 14 heteroatoms. The highest BCUT2D eigenvalue weighted by Crippen LogP contribution is 2.34. The Balaban J connectivity index is 1.70. The number of fused-ring (bicyclic) bond motifs is 1. The molecule has 0 unspecified atom stereocenters. The van der Waals surface area contributed by atoms with Crippen LogP contribution < -0.4 is 16.0 Å². The van der Waals surface area contributed by atoms with Gasteiger partial charge in [-0.3, -0.25) is 0 Å². The molecule has 0 aliphatic carbocycles. The van der Waals surface area contributed by atoms with Crippen LogP contribution in [-0.4, -0.2) is 83.0 Å². The summed E-state index contributed by atoms with van der Waals surface area (Å²) in [5, 5.41) is 16.1. The first-order chi connectivity index (χ1) is 16.8. The second-order valence-corrected chi connectivity index (χ2v) is 8.37. The van der Waals surface area contributed by atoms with Gasteiger partial charge in [0.05, 0.1) is 24.3 Å². The Morgan fingerprint density at radius 3 is 2.63 bits per heavy atom. The highest BCUT2D eigenvalue weighted by atomic mass is 19.3. The maximum absolute atomic E-state index is 14.5. The van der Waals surface area contributed by atoms with Crippen LogP contribution in [0.25, 0.3) is 16.8 Å².